The maximum Gasteiger partial charge on any atom is 0.465 e. The first-order valence-corrected chi connectivity index (χ1v) is 7.98. The Morgan fingerprint density at radius 2 is 1.47 bits per heavy atom. The predicted octanol–water partition coefficient (Wildman–Crippen LogP) is 2.97. The van der Waals surface area contributed by atoms with Gasteiger partial charge in [0.15, 0.2) is 0 Å². The van der Waals surface area contributed by atoms with E-state index < -0.39 is 8.43 Å². The van der Waals surface area contributed by atoms with Crippen molar-refractivity contribution in [2.24, 2.45) is 0 Å². The Balaban J connectivity index is 4.26. The Morgan fingerprint density at radius 1 is 1.07 bits per heavy atom. The third-order valence-corrected chi connectivity index (χ3v) is 4.80. The number of rotatable bonds is 4. The van der Waals surface area contributed by atoms with Gasteiger partial charge in [-0.25, -0.2) is 0 Å². The van der Waals surface area contributed by atoms with Gasteiger partial charge in [0.1, 0.15) is 0 Å². The van der Waals surface area contributed by atoms with E-state index in [4.69, 9.17) is 15.3 Å². The fourth-order valence-corrected chi connectivity index (χ4v) is 4.50. The first kappa shape index (κ1) is 15.0. The van der Waals surface area contributed by atoms with Crippen molar-refractivity contribution in [2.75, 3.05) is 5.75 Å². The van der Waals surface area contributed by atoms with Gasteiger partial charge < -0.3 is 8.85 Å². The van der Waals surface area contributed by atoms with Crippen LogP contribution in [0.15, 0.2) is 0 Å². The molecule has 87 valence electrons. The molecule has 0 aliphatic rings. The zero-order valence-electron chi connectivity index (χ0n) is 10.5. The molecule has 0 aromatic heterocycles. The monoisotopic (exact) mass is 245 g/mol. The van der Waals surface area contributed by atoms with E-state index in [9.17, 15) is 0 Å². The lowest BCUT2D eigenvalue weighted by atomic mass is 10.2. The topological polar surface area (TPSA) is 18.5 Å². The van der Waals surface area contributed by atoms with Crippen LogP contribution in [0.4, 0.5) is 0 Å². The van der Waals surface area contributed by atoms with Crippen LogP contribution in [0.5, 0.6) is 0 Å². The van der Waals surface area contributed by atoms with Crippen molar-refractivity contribution in [2.45, 2.75) is 52.7 Å². The first-order valence-electron chi connectivity index (χ1n) is 4.95. The molecule has 0 heterocycles. The highest BCUT2D eigenvalue weighted by molar-refractivity contribution is 8.24. The van der Waals surface area contributed by atoms with E-state index in [-0.39, 0.29) is 11.2 Å². The van der Waals surface area contributed by atoms with E-state index >= 15 is 0 Å². The van der Waals surface area contributed by atoms with Crippen LogP contribution in [0.1, 0.15) is 41.5 Å². The van der Waals surface area contributed by atoms with Gasteiger partial charge in [0.05, 0.1) is 17.0 Å². The van der Waals surface area contributed by atoms with Gasteiger partial charge in [-0.3, -0.25) is 0 Å². The van der Waals surface area contributed by atoms with Gasteiger partial charge in [0, 0.05) is 0 Å². The molecule has 0 aliphatic heterocycles. The van der Waals surface area contributed by atoms with Crippen molar-refractivity contribution < 1.29 is 8.85 Å². The third-order valence-electron chi connectivity index (χ3n) is 1.05. The van der Waals surface area contributed by atoms with Crippen molar-refractivity contribution in [3.8, 4) is 12.3 Å². The van der Waals surface area contributed by atoms with Gasteiger partial charge >= 0.3 is 8.43 Å². The number of terminal acetylenes is 1. The largest absolute Gasteiger partial charge is 0.465 e. The quantitative estimate of drug-likeness (QED) is 0.560. The second-order valence-electron chi connectivity index (χ2n) is 5.17. The zero-order valence-corrected chi connectivity index (χ0v) is 12.3. The van der Waals surface area contributed by atoms with E-state index in [1.807, 2.05) is 41.5 Å². The molecule has 0 unspecified atom stereocenters. The third kappa shape index (κ3) is 10.3. The minimum Gasteiger partial charge on any atom is -0.380 e. The number of hydrogen-bond donors (Lipinski definition) is 0. The molecule has 15 heavy (non-hydrogen) atoms. The summed E-state index contributed by atoms with van der Waals surface area (Å²) in [4.78, 5) is 0. The lowest BCUT2D eigenvalue weighted by molar-refractivity contribution is 0.0461. The molecular weight excluding hydrogens is 224 g/mol. The summed E-state index contributed by atoms with van der Waals surface area (Å²) in [6, 6.07) is 0. The summed E-state index contributed by atoms with van der Waals surface area (Å²) in [5.41, 5.74) is -0.359. The van der Waals surface area contributed by atoms with Crippen LogP contribution in [-0.4, -0.2) is 25.4 Å². The van der Waals surface area contributed by atoms with Crippen molar-refractivity contribution in [1.29, 1.82) is 0 Å². The van der Waals surface area contributed by atoms with Gasteiger partial charge in [-0.1, -0.05) is 5.92 Å². The van der Waals surface area contributed by atoms with E-state index in [0.717, 1.165) is 0 Å². The summed E-state index contributed by atoms with van der Waals surface area (Å²) in [6.07, 6.45) is 5.24. The summed E-state index contributed by atoms with van der Waals surface area (Å²) in [6.45, 7) is 12.2. The van der Waals surface area contributed by atoms with Gasteiger partial charge in [0.2, 0.25) is 0 Å². The second kappa shape index (κ2) is 5.95. The van der Waals surface area contributed by atoms with Crippen LogP contribution in [0, 0.1) is 12.3 Å². The molecule has 0 aliphatic carbocycles. The fourth-order valence-electron chi connectivity index (χ4n) is 0.680. The van der Waals surface area contributed by atoms with Gasteiger partial charge in [0.25, 0.3) is 0 Å². The molecule has 1 radical (unpaired) electrons. The van der Waals surface area contributed by atoms with E-state index in [2.05, 4.69) is 5.92 Å². The number of hydrogen-bond acceptors (Lipinski definition) is 3. The van der Waals surface area contributed by atoms with Crippen LogP contribution in [0.25, 0.3) is 0 Å². The summed E-state index contributed by atoms with van der Waals surface area (Å²) in [5.74, 6) is 3.24. The standard InChI is InChI=1S/C11H21O2SSi/c1-8-9-14-15(12-10(2,3)4)13-11(5,6)7/h1H,9H2,2-7H3. The van der Waals surface area contributed by atoms with Crippen LogP contribution < -0.4 is 0 Å². The van der Waals surface area contributed by atoms with Crippen molar-refractivity contribution in [3.05, 3.63) is 0 Å². The summed E-state index contributed by atoms with van der Waals surface area (Å²) in [5, 5.41) is 0. The highest BCUT2D eigenvalue weighted by atomic mass is 32.4. The summed E-state index contributed by atoms with van der Waals surface area (Å²) < 4.78 is 11.7. The maximum atomic E-state index is 5.86. The van der Waals surface area contributed by atoms with E-state index in [0.29, 0.717) is 5.75 Å². The van der Waals surface area contributed by atoms with Crippen LogP contribution >= 0.6 is 11.2 Å². The lowest BCUT2D eigenvalue weighted by Gasteiger charge is -2.29. The van der Waals surface area contributed by atoms with Crippen LogP contribution in [0.2, 0.25) is 0 Å². The minimum absolute atomic E-state index is 0.179. The smallest absolute Gasteiger partial charge is 0.380 e. The molecule has 0 aromatic rings. The molecule has 2 nitrogen and oxygen atoms in total. The molecule has 0 rings (SSSR count). The normalized spacial score (nSPS) is 12.9. The maximum absolute atomic E-state index is 5.86. The van der Waals surface area contributed by atoms with Crippen LogP contribution in [0.3, 0.4) is 0 Å². The van der Waals surface area contributed by atoms with Gasteiger partial charge in [-0.05, 0) is 41.5 Å². The van der Waals surface area contributed by atoms with Gasteiger partial charge in [-0.2, -0.15) is 0 Å². The Labute approximate surface area is 99.6 Å². The molecule has 0 atom stereocenters. The highest BCUT2D eigenvalue weighted by Crippen LogP contribution is 2.22. The fraction of sp³-hybridized carbons (Fsp3) is 0.818. The Bertz CT molecular complexity index is 206. The molecule has 4 heteroatoms. The van der Waals surface area contributed by atoms with E-state index in [1.165, 1.54) is 0 Å². The molecule has 0 bridgehead atoms. The molecule has 0 N–H and O–H groups in total. The molecular formula is C11H21O2SSi. The molecule has 0 amide bonds. The molecule has 0 spiro atoms. The Morgan fingerprint density at radius 3 is 1.73 bits per heavy atom. The average Bonchev–Trinajstić information content (AvgIpc) is 1.94. The minimum atomic E-state index is -1.35. The van der Waals surface area contributed by atoms with Gasteiger partial charge in [-0.15, -0.1) is 17.6 Å². The molecule has 0 saturated heterocycles. The molecule has 0 aromatic carbocycles. The predicted molar refractivity (Wildman–Crippen MR) is 68.7 cm³/mol. The first-order chi connectivity index (χ1) is 6.64. The second-order valence-corrected chi connectivity index (χ2v) is 8.52. The SMILES string of the molecule is C#CCS[Si](OC(C)(C)C)OC(C)(C)C. The van der Waals surface area contributed by atoms with Crippen molar-refractivity contribution in [1.82, 2.24) is 0 Å². The molecule has 0 saturated carbocycles. The zero-order chi connectivity index (χ0) is 12.1. The Kier molecular flexibility index (Phi) is 5.97. The van der Waals surface area contributed by atoms with Crippen molar-refractivity contribution >= 4 is 19.6 Å². The summed E-state index contributed by atoms with van der Waals surface area (Å²) >= 11 is 1.60. The molecule has 0 fully saturated rings. The highest BCUT2D eigenvalue weighted by Gasteiger charge is 2.28. The Hall–Kier alpha value is 0.0469. The van der Waals surface area contributed by atoms with Crippen molar-refractivity contribution in [3.63, 3.8) is 0 Å². The average molecular weight is 245 g/mol. The van der Waals surface area contributed by atoms with E-state index in [1.54, 1.807) is 11.2 Å². The summed E-state index contributed by atoms with van der Waals surface area (Å²) in [7, 11) is -1.35. The van der Waals surface area contributed by atoms with Crippen LogP contribution in [-0.2, 0) is 8.85 Å². The lowest BCUT2D eigenvalue weighted by Crippen LogP contribution is -2.37.